The molecule has 0 aromatic carbocycles. The average Bonchev–Trinajstić information content (AvgIpc) is 3.28. The molecular weight excluding hydrogens is 854 g/mol. The van der Waals surface area contributed by atoms with Crippen LogP contribution in [0.5, 0.6) is 0 Å². The molecule has 65 heavy (non-hydrogen) atoms. The second-order valence-corrected chi connectivity index (χ2v) is 20.1. The Bertz CT molecular complexity index is 1760. The minimum absolute atomic E-state index is 0.0245. The Balaban J connectivity index is 1.70. The molecule has 2 N–H and O–H groups in total. The van der Waals surface area contributed by atoms with E-state index in [-0.39, 0.29) is 60.2 Å². The largest absolute Gasteiger partial charge is 0.460 e. The average molecular weight is 933 g/mol. The lowest BCUT2D eigenvalue weighted by molar-refractivity contribution is -0.265. The first-order valence-electron chi connectivity index (χ1n) is 23.9. The predicted octanol–water partition coefficient (Wildman–Crippen LogP) is 7.43. The van der Waals surface area contributed by atoms with Crippen molar-refractivity contribution in [1.29, 1.82) is 0 Å². The first-order chi connectivity index (χ1) is 30.7. The Morgan fingerprint density at radius 2 is 1.60 bits per heavy atom. The molecular formula is C51H78ClNO12. The number of Topliss-reactive ketones (excluding diaryl/α,β-unsaturated/α-hetero) is 3. The summed E-state index contributed by atoms with van der Waals surface area (Å²) in [5.74, 6) is -7.74. The van der Waals surface area contributed by atoms with Gasteiger partial charge in [-0.1, -0.05) is 71.1 Å². The number of cyclic esters (lactones) is 1. The van der Waals surface area contributed by atoms with Gasteiger partial charge in [0.2, 0.25) is 5.79 Å². The molecule has 1 saturated carbocycles. The lowest BCUT2D eigenvalue weighted by atomic mass is 9.79. The minimum Gasteiger partial charge on any atom is -0.460 e. The maximum atomic E-state index is 14.4. The first-order valence-corrected chi connectivity index (χ1v) is 24.3. The lowest BCUT2D eigenvalue weighted by Gasteiger charge is -2.42. The highest BCUT2D eigenvalue weighted by molar-refractivity contribution is 6.39. The first kappa shape index (κ1) is 54.6. The Labute approximate surface area is 392 Å². The summed E-state index contributed by atoms with van der Waals surface area (Å²) in [6.07, 6.45) is 12.7. The summed E-state index contributed by atoms with van der Waals surface area (Å²) >= 11 is 6.56. The molecule has 2 saturated heterocycles. The molecule has 4 aliphatic rings. The van der Waals surface area contributed by atoms with Crippen molar-refractivity contribution in [1.82, 2.24) is 4.90 Å². The Morgan fingerprint density at radius 3 is 2.28 bits per heavy atom. The number of carbonyl (C=O) groups excluding carboxylic acids is 5. The third-order valence-electron chi connectivity index (χ3n) is 14.4. The van der Waals surface area contributed by atoms with Gasteiger partial charge in [-0.2, -0.15) is 0 Å². The van der Waals surface area contributed by atoms with Gasteiger partial charge in [0.05, 0.1) is 23.7 Å². The zero-order valence-corrected chi connectivity index (χ0v) is 41.3. The molecule has 0 spiro atoms. The number of methoxy groups -OCH3 is 3. The number of amides is 1. The van der Waals surface area contributed by atoms with Crippen LogP contribution in [0.2, 0.25) is 0 Å². The van der Waals surface area contributed by atoms with Crippen molar-refractivity contribution in [3.05, 3.63) is 47.6 Å². The third-order valence-corrected chi connectivity index (χ3v) is 14.9. The highest BCUT2D eigenvalue weighted by Crippen LogP contribution is 2.38. The van der Waals surface area contributed by atoms with Gasteiger partial charge in [-0.3, -0.25) is 19.2 Å². The van der Waals surface area contributed by atoms with E-state index in [4.69, 9.17) is 35.3 Å². The molecule has 0 radical (unpaired) electrons. The quantitative estimate of drug-likeness (QED) is 0.117. The zero-order chi connectivity index (χ0) is 48.2. The second-order valence-electron chi connectivity index (χ2n) is 19.5. The standard InChI is InChI=1S/C51H78ClNO12/c1-30-16-12-11-13-17-31(2)42(61-8)28-38-21-19-36(7)51(60,65-38)48(57)49(58)53-23-15-14-18-40(53)50(59)64-43(33(4)26-37-20-22-39(52)44(27-37)62-9)29-41(54)32(3)25-35(6)46(56)47(63-10)45(55)34(5)24-30/h11-13,16-17,25,30,32-34,36-40,42-44,46-47,56,60H,14-15,18-24,26-29H2,1-10H3/b13-11?,16-12+,31-17?,35-25+/t30-,32-,33-,34-,36-,37+,38+,39+,40+,42+,43+,44-,46-,47+,51-/m1/s1. The van der Waals surface area contributed by atoms with Crippen molar-refractivity contribution in [2.75, 3.05) is 27.9 Å². The van der Waals surface area contributed by atoms with Crippen molar-refractivity contribution < 1.29 is 57.9 Å². The van der Waals surface area contributed by atoms with Crippen LogP contribution < -0.4 is 0 Å². The van der Waals surface area contributed by atoms with Gasteiger partial charge in [-0.15, -0.1) is 11.6 Å². The Hall–Kier alpha value is -3.04. The van der Waals surface area contributed by atoms with Crippen LogP contribution in [0.3, 0.4) is 0 Å². The highest BCUT2D eigenvalue weighted by atomic mass is 35.5. The summed E-state index contributed by atoms with van der Waals surface area (Å²) in [5, 5.41) is 23.3. The van der Waals surface area contributed by atoms with E-state index in [0.29, 0.717) is 56.9 Å². The summed E-state index contributed by atoms with van der Waals surface area (Å²) in [5.41, 5.74) is 1.28. The van der Waals surface area contributed by atoms with E-state index in [0.717, 1.165) is 18.4 Å². The van der Waals surface area contributed by atoms with Crippen LogP contribution in [-0.2, 0) is 47.7 Å². The Morgan fingerprint density at radius 1 is 0.877 bits per heavy atom. The molecule has 1 aliphatic carbocycles. The topological polar surface area (TPSA) is 175 Å². The number of piperidine rings is 1. The van der Waals surface area contributed by atoms with Gasteiger partial charge in [0.15, 0.2) is 5.78 Å². The number of carbonyl (C=O) groups is 5. The highest BCUT2D eigenvalue weighted by Gasteiger charge is 2.53. The summed E-state index contributed by atoms with van der Waals surface area (Å²) in [6, 6.07) is -1.12. The number of aliphatic hydroxyl groups excluding tert-OH is 1. The summed E-state index contributed by atoms with van der Waals surface area (Å²) in [6.45, 7) is 12.8. The molecule has 366 valence electrons. The van der Waals surface area contributed by atoms with Gasteiger partial charge in [0, 0.05) is 58.5 Å². The van der Waals surface area contributed by atoms with Crippen LogP contribution in [0.4, 0.5) is 0 Å². The van der Waals surface area contributed by atoms with Gasteiger partial charge in [0.1, 0.15) is 30.1 Å². The number of esters is 1. The minimum atomic E-state index is -2.42. The fourth-order valence-corrected chi connectivity index (χ4v) is 10.4. The zero-order valence-electron chi connectivity index (χ0n) is 40.5. The van der Waals surface area contributed by atoms with Crippen LogP contribution >= 0.6 is 11.6 Å². The summed E-state index contributed by atoms with van der Waals surface area (Å²) in [7, 11) is 4.61. The maximum absolute atomic E-state index is 14.4. The molecule has 14 heteroatoms. The van der Waals surface area contributed by atoms with E-state index in [2.05, 4.69) is 0 Å². The van der Waals surface area contributed by atoms with Crippen molar-refractivity contribution in [3.63, 3.8) is 0 Å². The number of fused-ring (bicyclic) bond motifs is 3. The molecule has 3 heterocycles. The normalized spacial score (nSPS) is 39.1. The van der Waals surface area contributed by atoms with E-state index in [1.165, 1.54) is 12.0 Å². The van der Waals surface area contributed by atoms with Crippen molar-refractivity contribution in [2.24, 2.45) is 35.5 Å². The molecule has 2 bridgehead atoms. The molecule has 0 aromatic heterocycles. The monoisotopic (exact) mass is 932 g/mol. The molecule has 4 rings (SSSR count). The number of nitrogens with zero attached hydrogens (tertiary/aromatic N) is 1. The molecule has 15 atom stereocenters. The third kappa shape index (κ3) is 14.5. The number of rotatable bonds is 6. The number of hydrogen-bond donors (Lipinski definition) is 2. The van der Waals surface area contributed by atoms with Gasteiger partial charge < -0.3 is 38.8 Å². The van der Waals surface area contributed by atoms with Crippen LogP contribution in [-0.4, -0.2) is 126 Å². The number of ketones is 3. The Kier molecular flexibility index (Phi) is 21.3. The second kappa shape index (κ2) is 25.4. The van der Waals surface area contributed by atoms with Crippen LogP contribution in [0.1, 0.15) is 126 Å². The molecule has 0 aromatic rings. The van der Waals surface area contributed by atoms with Gasteiger partial charge in [-0.25, -0.2) is 4.79 Å². The molecule has 1 amide bonds. The van der Waals surface area contributed by atoms with Crippen LogP contribution in [0, 0.1) is 35.5 Å². The van der Waals surface area contributed by atoms with E-state index < -0.39 is 77.8 Å². The number of halogens is 1. The predicted molar refractivity (Wildman–Crippen MR) is 249 cm³/mol. The number of alkyl halides is 1. The van der Waals surface area contributed by atoms with Crippen molar-refractivity contribution >= 4 is 40.8 Å². The van der Waals surface area contributed by atoms with E-state index in [9.17, 15) is 34.2 Å². The summed E-state index contributed by atoms with van der Waals surface area (Å²) < 4.78 is 29.5. The SMILES string of the molecule is CO[C@H]1C[C@@H]2CC[C@@H](C)[C@@](O)(O2)C(=O)C(=O)N2CCCC[C@H]2C(=O)O[C@H]([C@H](C)C[C@@H]2CC[C@H](Cl)[C@H](OC)C2)CC(=O)[C@H](C)/C=C(\C)[C@@H](O)[C@@H](OC)C(=O)[C@H](C)C[C@H](C)/C=C/C=CC=C1C. The van der Waals surface area contributed by atoms with E-state index in [1.54, 1.807) is 41.1 Å². The molecule has 3 fully saturated rings. The fourth-order valence-electron chi connectivity index (χ4n) is 10.1. The number of hydrogen-bond acceptors (Lipinski definition) is 12. The van der Waals surface area contributed by atoms with Crippen LogP contribution in [0.15, 0.2) is 47.6 Å². The molecule has 13 nitrogen and oxygen atoms in total. The molecule has 3 aliphatic heterocycles. The number of ether oxygens (including phenoxy) is 5. The van der Waals surface area contributed by atoms with Crippen molar-refractivity contribution in [2.45, 2.75) is 179 Å². The van der Waals surface area contributed by atoms with Crippen molar-refractivity contribution in [3.8, 4) is 0 Å². The molecule has 0 unspecified atom stereocenters. The van der Waals surface area contributed by atoms with Crippen LogP contribution in [0.25, 0.3) is 0 Å². The summed E-state index contributed by atoms with van der Waals surface area (Å²) in [4.78, 5) is 71.8. The smallest absolute Gasteiger partial charge is 0.329 e. The van der Waals surface area contributed by atoms with E-state index >= 15 is 0 Å². The van der Waals surface area contributed by atoms with Gasteiger partial charge in [0.25, 0.3) is 11.7 Å². The lowest BCUT2D eigenvalue weighted by Crippen LogP contribution is -2.61. The number of allylic oxidation sites excluding steroid dienone is 6. The maximum Gasteiger partial charge on any atom is 0.329 e. The van der Waals surface area contributed by atoms with E-state index in [1.807, 2.05) is 58.1 Å². The fraction of sp³-hybridized carbons (Fsp3) is 0.745. The van der Waals surface area contributed by atoms with Gasteiger partial charge in [-0.05, 0) is 107 Å². The van der Waals surface area contributed by atoms with Gasteiger partial charge >= 0.3 is 5.97 Å². The number of aliphatic hydroxyl groups is 2.